The van der Waals surface area contributed by atoms with E-state index in [9.17, 15) is 9.59 Å². The van der Waals surface area contributed by atoms with Crippen molar-refractivity contribution >= 4 is 34.5 Å². The highest BCUT2D eigenvalue weighted by atomic mass is 32.1. The van der Waals surface area contributed by atoms with Crippen molar-refractivity contribution in [2.75, 3.05) is 19.6 Å². The number of aryl methyl sites for hydroxylation is 2. The number of carbonyl (C=O) groups is 2. The Morgan fingerprint density at radius 2 is 1.68 bits per heavy atom. The maximum atomic E-state index is 13.0. The summed E-state index contributed by atoms with van der Waals surface area (Å²) >= 11 is 2.80. The summed E-state index contributed by atoms with van der Waals surface area (Å²) in [5.74, 6) is 0.483. The molecule has 0 saturated carbocycles. The number of hydrogen-bond donors (Lipinski definition) is 0. The van der Waals surface area contributed by atoms with Gasteiger partial charge in [0, 0.05) is 19.6 Å². The molecule has 132 valence electrons. The van der Waals surface area contributed by atoms with E-state index >= 15 is 0 Å². The molecule has 25 heavy (non-hydrogen) atoms. The molecule has 2 amide bonds. The summed E-state index contributed by atoms with van der Waals surface area (Å²) in [6, 6.07) is 0.111. The molecule has 0 radical (unpaired) electrons. The van der Waals surface area contributed by atoms with Gasteiger partial charge < -0.3 is 9.80 Å². The van der Waals surface area contributed by atoms with Crippen molar-refractivity contribution in [2.24, 2.45) is 5.92 Å². The van der Waals surface area contributed by atoms with E-state index in [2.05, 4.69) is 9.97 Å². The van der Waals surface area contributed by atoms with Gasteiger partial charge in [0.2, 0.25) is 0 Å². The summed E-state index contributed by atoms with van der Waals surface area (Å²) in [6.07, 6.45) is 2.06. The van der Waals surface area contributed by atoms with Crippen LogP contribution in [-0.4, -0.2) is 57.3 Å². The van der Waals surface area contributed by atoms with Gasteiger partial charge in [0.25, 0.3) is 11.8 Å². The second-order valence-corrected chi connectivity index (χ2v) is 8.42. The molecule has 0 unspecified atom stereocenters. The molecule has 4 rings (SSSR count). The van der Waals surface area contributed by atoms with Crippen molar-refractivity contribution in [3.8, 4) is 0 Å². The number of likely N-dealkylation sites (tertiary alicyclic amines) is 2. The highest BCUT2D eigenvalue weighted by Gasteiger charge is 2.43. The molecule has 0 N–H and O–H groups in total. The Balaban J connectivity index is 1.54. The third-order valence-electron chi connectivity index (χ3n) is 5.21. The normalized spacial score (nSPS) is 23.0. The Labute approximate surface area is 154 Å². The average Bonchev–Trinajstić information content (AvgIpc) is 3.32. The molecular formula is C17H20N4O2S2. The summed E-state index contributed by atoms with van der Waals surface area (Å²) < 4.78 is 0. The predicted octanol–water partition coefficient (Wildman–Crippen LogP) is 2.59. The summed E-state index contributed by atoms with van der Waals surface area (Å²) in [5.41, 5.74) is 5.02. The van der Waals surface area contributed by atoms with E-state index in [4.69, 9.17) is 0 Å². The second-order valence-electron chi connectivity index (χ2n) is 6.71. The highest BCUT2D eigenvalue weighted by molar-refractivity contribution is 7.12. The lowest BCUT2D eigenvalue weighted by molar-refractivity contribution is 0.0568. The Bertz CT molecular complexity index is 815. The molecule has 2 fully saturated rings. The van der Waals surface area contributed by atoms with Gasteiger partial charge in [-0.25, -0.2) is 9.97 Å². The predicted molar refractivity (Wildman–Crippen MR) is 97.2 cm³/mol. The number of nitrogens with zero attached hydrogens (tertiary/aromatic N) is 4. The Morgan fingerprint density at radius 1 is 1.04 bits per heavy atom. The zero-order valence-electron chi connectivity index (χ0n) is 14.3. The molecule has 0 aromatic carbocycles. The molecule has 0 spiro atoms. The topological polar surface area (TPSA) is 66.4 Å². The van der Waals surface area contributed by atoms with Crippen LogP contribution in [0.4, 0.5) is 0 Å². The van der Waals surface area contributed by atoms with Crippen molar-refractivity contribution in [1.29, 1.82) is 0 Å². The van der Waals surface area contributed by atoms with E-state index in [1.165, 1.54) is 22.7 Å². The molecule has 4 heterocycles. The van der Waals surface area contributed by atoms with Crippen LogP contribution in [-0.2, 0) is 0 Å². The first kappa shape index (κ1) is 16.7. The first-order valence-corrected chi connectivity index (χ1v) is 10.2. The van der Waals surface area contributed by atoms with Crippen LogP contribution in [0.5, 0.6) is 0 Å². The monoisotopic (exact) mass is 376 g/mol. The minimum Gasteiger partial charge on any atom is -0.335 e. The van der Waals surface area contributed by atoms with Gasteiger partial charge in [0.1, 0.15) is 9.75 Å². The molecule has 2 aliphatic rings. The van der Waals surface area contributed by atoms with Crippen LogP contribution in [0.15, 0.2) is 11.0 Å². The molecule has 0 bridgehead atoms. The van der Waals surface area contributed by atoms with Crippen LogP contribution in [0.1, 0.15) is 43.6 Å². The summed E-state index contributed by atoms with van der Waals surface area (Å²) in [5, 5.41) is 0. The zero-order valence-corrected chi connectivity index (χ0v) is 15.9. The van der Waals surface area contributed by atoms with Crippen LogP contribution in [0, 0.1) is 19.8 Å². The minimum atomic E-state index is 0.0516. The smallest absolute Gasteiger partial charge is 0.266 e. The average molecular weight is 377 g/mol. The van der Waals surface area contributed by atoms with E-state index < -0.39 is 0 Å². The van der Waals surface area contributed by atoms with E-state index in [-0.39, 0.29) is 17.9 Å². The molecule has 2 atom stereocenters. The van der Waals surface area contributed by atoms with Gasteiger partial charge in [-0.05, 0) is 32.6 Å². The first-order chi connectivity index (χ1) is 12.1. The largest absolute Gasteiger partial charge is 0.335 e. The minimum absolute atomic E-state index is 0.0516. The molecule has 6 nitrogen and oxygen atoms in total. The quantitative estimate of drug-likeness (QED) is 0.808. The van der Waals surface area contributed by atoms with E-state index in [0.29, 0.717) is 12.5 Å². The lowest BCUT2D eigenvalue weighted by Crippen LogP contribution is -2.48. The maximum Gasteiger partial charge on any atom is 0.266 e. The Kier molecular flexibility index (Phi) is 4.33. The SMILES string of the molecule is Cc1ncsc1C(=O)N1C[C@@H]2CCCN(C(=O)c3scnc3C)[C@@H]2C1. The van der Waals surface area contributed by atoms with Crippen LogP contribution in [0.3, 0.4) is 0 Å². The fourth-order valence-corrected chi connectivity index (χ4v) is 5.41. The number of carbonyl (C=O) groups excluding carboxylic acids is 2. The summed E-state index contributed by atoms with van der Waals surface area (Å²) in [7, 11) is 0. The zero-order chi connectivity index (χ0) is 17.6. The first-order valence-electron chi connectivity index (χ1n) is 8.46. The Morgan fingerprint density at radius 3 is 2.28 bits per heavy atom. The standard InChI is InChI=1S/C17H20N4O2S2/c1-10-14(24-8-18-10)16(22)20-6-12-4-3-5-21(13(12)7-20)17(23)15-11(2)19-9-25-15/h8-9,12-13H,3-7H2,1-2H3/t12-,13+/m0/s1. The van der Waals surface area contributed by atoms with Crippen molar-refractivity contribution in [2.45, 2.75) is 32.7 Å². The van der Waals surface area contributed by atoms with E-state index in [1.807, 2.05) is 23.6 Å². The van der Waals surface area contributed by atoms with Crippen LogP contribution in [0.25, 0.3) is 0 Å². The van der Waals surface area contributed by atoms with E-state index in [1.54, 1.807) is 11.0 Å². The Hall–Kier alpha value is -1.80. The van der Waals surface area contributed by atoms with Gasteiger partial charge >= 0.3 is 0 Å². The van der Waals surface area contributed by atoms with Gasteiger partial charge in [0.15, 0.2) is 0 Å². The van der Waals surface area contributed by atoms with Crippen molar-refractivity contribution < 1.29 is 9.59 Å². The van der Waals surface area contributed by atoms with Gasteiger partial charge in [-0.2, -0.15) is 0 Å². The van der Waals surface area contributed by atoms with Crippen molar-refractivity contribution in [3.05, 3.63) is 32.2 Å². The molecule has 2 aliphatic heterocycles. The fourth-order valence-electron chi connectivity index (χ4n) is 3.89. The molecule has 2 aromatic heterocycles. The summed E-state index contributed by atoms with van der Waals surface area (Å²) in [6.45, 7) is 5.85. The van der Waals surface area contributed by atoms with Crippen LogP contribution < -0.4 is 0 Å². The lowest BCUT2D eigenvalue weighted by Gasteiger charge is -2.36. The molecule has 2 aromatic rings. The number of piperidine rings is 1. The molecule has 8 heteroatoms. The maximum absolute atomic E-state index is 13.0. The van der Waals surface area contributed by atoms with Gasteiger partial charge in [-0.15, -0.1) is 22.7 Å². The third kappa shape index (κ3) is 2.87. The number of rotatable bonds is 2. The number of amides is 2. The van der Waals surface area contributed by atoms with Crippen molar-refractivity contribution in [1.82, 2.24) is 19.8 Å². The lowest BCUT2D eigenvalue weighted by atomic mass is 9.92. The summed E-state index contributed by atoms with van der Waals surface area (Å²) in [4.78, 5) is 39.5. The molecular weight excluding hydrogens is 356 g/mol. The van der Waals surface area contributed by atoms with Crippen LogP contribution in [0.2, 0.25) is 0 Å². The number of fused-ring (bicyclic) bond motifs is 1. The molecule has 0 aliphatic carbocycles. The number of aromatic nitrogens is 2. The molecule has 2 saturated heterocycles. The third-order valence-corrected chi connectivity index (χ3v) is 7.04. The number of hydrogen-bond acceptors (Lipinski definition) is 6. The van der Waals surface area contributed by atoms with Crippen LogP contribution >= 0.6 is 22.7 Å². The van der Waals surface area contributed by atoms with Crippen molar-refractivity contribution in [3.63, 3.8) is 0 Å². The van der Waals surface area contributed by atoms with Gasteiger partial charge in [0.05, 0.1) is 28.5 Å². The number of thiazole rings is 2. The van der Waals surface area contributed by atoms with E-state index in [0.717, 1.165) is 47.1 Å². The van der Waals surface area contributed by atoms with Gasteiger partial charge in [-0.3, -0.25) is 9.59 Å². The second kappa shape index (κ2) is 6.49. The highest BCUT2D eigenvalue weighted by Crippen LogP contribution is 2.33. The van der Waals surface area contributed by atoms with Gasteiger partial charge in [-0.1, -0.05) is 0 Å². The fraction of sp³-hybridized carbons (Fsp3) is 0.529.